The van der Waals surface area contributed by atoms with Gasteiger partial charge in [-0.05, 0) is 37.0 Å². The Kier molecular flexibility index (Phi) is 5.40. The number of nitrogens with zero attached hydrogens (tertiary/aromatic N) is 4. The summed E-state index contributed by atoms with van der Waals surface area (Å²) in [5, 5.41) is 26.7. The summed E-state index contributed by atoms with van der Waals surface area (Å²) in [4.78, 5) is 27.7. The quantitative estimate of drug-likeness (QED) is 0.547. The van der Waals surface area contributed by atoms with Gasteiger partial charge in [0.1, 0.15) is 10.7 Å². The number of hydrogen-bond acceptors (Lipinski definition) is 8. The highest BCUT2D eigenvalue weighted by molar-refractivity contribution is 7.13. The van der Waals surface area contributed by atoms with Gasteiger partial charge in [-0.3, -0.25) is 4.79 Å². The molecule has 8 nitrogen and oxygen atoms in total. The Morgan fingerprint density at radius 2 is 2.09 bits per heavy atom. The summed E-state index contributed by atoms with van der Waals surface area (Å²) in [6, 6.07) is 9.40. The first-order chi connectivity index (χ1) is 15.4. The number of thiazole rings is 1. The second kappa shape index (κ2) is 8.23. The van der Waals surface area contributed by atoms with Crippen LogP contribution in [0, 0.1) is 0 Å². The van der Waals surface area contributed by atoms with Crippen LogP contribution in [0.2, 0.25) is 0 Å². The van der Waals surface area contributed by atoms with Crippen molar-refractivity contribution in [1.29, 1.82) is 0 Å². The maximum atomic E-state index is 12.5. The number of anilines is 1. The van der Waals surface area contributed by atoms with E-state index in [4.69, 9.17) is 4.98 Å². The normalized spacial score (nSPS) is 25.5. The molecule has 3 atom stereocenters. The van der Waals surface area contributed by atoms with Crippen LogP contribution in [0.4, 0.5) is 5.95 Å². The van der Waals surface area contributed by atoms with E-state index in [9.17, 15) is 15.0 Å². The maximum absolute atomic E-state index is 12.5. The second-order valence-corrected chi connectivity index (χ2v) is 9.39. The minimum atomic E-state index is -1.48. The van der Waals surface area contributed by atoms with Crippen LogP contribution >= 0.6 is 11.3 Å². The van der Waals surface area contributed by atoms with Crippen molar-refractivity contribution in [2.75, 3.05) is 18.9 Å². The molecule has 32 heavy (non-hydrogen) atoms. The van der Waals surface area contributed by atoms with Gasteiger partial charge in [-0.25, -0.2) is 15.0 Å². The molecule has 9 heteroatoms. The molecule has 2 fully saturated rings. The molecule has 1 aliphatic heterocycles. The number of rotatable bonds is 5. The number of nitrogens with one attached hydrogen (secondary N) is 1. The lowest BCUT2D eigenvalue weighted by molar-refractivity contribution is -0.143. The molecular weight excluding hydrogens is 426 g/mol. The molecule has 2 aliphatic rings. The first kappa shape index (κ1) is 21.0. The van der Waals surface area contributed by atoms with Crippen molar-refractivity contribution >= 4 is 23.2 Å². The van der Waals surface area contributed by atoms with Gasteiger partial charge in [0, 0.05) is 43.2 Å². The van der Waals surface area contributed by atoms with Crippen molar-refractivity contribution in [3.63, 3.8) is 0 Å². The Balaban J connectivity index is 1.38. The summed E-state index contributed by atoms with van der Waals surface area (Å²) in [5.74, 6) is 0.259. The lowest BCUT2D eigenvalue weighted by Crippen LogP contribution is -2.36. The van der Waals surface area contributed by atoms with E-state index >= 15 is 0 Å². The average molecular weight is 452 g/mol. The zero-order valence-corrected chi connectivity index (χ0v) is 18.5. The first-order valence-corrected chi connectivity index (χ1v) is 11.6. The molecule has 0 radical (unpaired) electrons. The fourth-order valence-electron chi connectivity index (χ4n) is 4.40. The fourth-order valence-corrected chi connectivity index (χ4v) is 5.21. The summed E-state index contributed by atoms with van der Waals surface area (Å²) in [6.45, 7) is 0.533. The number of hydrogen-bond donors (Lipinski definition) is 3. The molecule has 5 rings (SSSR count). The number of likely N-dealkylation sites (N-methyl/N-ethyl adjacent to an activating group) is 1. The largest absolute Gasteiger partial charge is 0.393 e. The number of amides is 1. The van der Waals surface area contributed by atoms with Crippen molar-refractivity contribution in [3.05, 3.63) is 47.5 Å². The highest BCUT2D eigenvalue weighted by Gasteiger charge is 2.45. The lowest BCUT2D eigenvalue weighted by Gasteiger charge is -2.21. The number of carbonyl (C=O) groups excluding carboxylic acids is 1. The topological polar surface area (TPSA) is 111 Å². The lowest BCUT2D eigenvalue weighted by atomic mass is 9.91. The van der Waals surface area contributed by atoms with Crippen LogP contribution in [0.15, 0.2) is 41.9 Å². The number of benzene rings is 1. The Morgan fingerprint density at radius 1 is 1.22 bits per heavy atom. The molecule has 1 saturated heterocycles. The van der Waals surface area contributed by atoms with E-state index in [1.807, 2.05) is 29.6 Å². The Bertz CT molecular complexity index is 1150. The van der Waals surface area contributed by atoms with E-state index in [0.29, 0.717) is 36.6 Å². The molecule has 0 bridgehead atoms. The maximum Gasteiger partial charge on any atom is 0.258 e. The predicted molar refractivity (Wildman–Crippen MR) is 122 cm³/mol. The van der Waals surface area contributed by atoms with Gasteiger partial charge in [0.25, 0.3) is 5.91 Å². The zero-order chi connectivity index (χ0) is 22.3. The third-order valence-electron chi connectivity index (χ3n) is 6.26. The highest BCUT2D eigenvalue weighted by Crippen LogP contribution is 2.36. The number of carbonyl (C=O) groups is 1. The average Bonchev–Trinajstić information content (AvgIpc) is 3.52. The van der Waals surface area contributed by atoms with Crippen LogP contribution in [0.5, 0.6) is 0 Å². The van der Waals surface area contributed by atoms with Gasteiger partial charge >= 0.3 is 0 Å². The first-order valence-electron chi connectivity index (χ1n) is 10.7. The van der Waals surface area contributed by atoms with Crippen LogP contribution in [0.1, 0.15) is 31.2 Å². The summed E-state index contributed by atoms with van der Waals surface area (Å²) in [7, 11) is 1.71. The molecule has 3 N–H and O–H groups in total. The van der Waals surface area contributed by atoms with Crippen LogP contribution in [0.25, 0.3) is 22.0 Å². The molecule has 2 aromatic heterocycles. The number of aromatic nitrogens is 3. The van der Waals surface area contributed by atoms with E-state index in [-0.39, 0.29) is 18.1 Å². The van der Waals surface area contributed by atoms with Gasteiger partial charge in [-0.2, -0.15) is 0 Å². The molecular formula is C23H25N5O3S. The minimum absolute atomic E-state index is 0.178. The number of aliphatic hydroxyl groups is 2. The highest BCUT2D eigenvalue weighted by atomic mass is 32.1. The van der Waals surface area contributed by atoms with Crippen LogP contribution in [-0.4, -0.2) is 61.7 Å². The summed E-state index contributed by atoms with van der Waals surface area (Å²) in [5.41, 5.74) is 1.41. The zero-order valence-electron chi connectivity index (χ0n) is 17.7. The Labute approximate surface area is 190 Å². The van der Waals surface area contributed by atoms with Crippen LogP contribution < -0.4 is 5.32 Å². The summed E-state index contributed by atoms with van der Waals surface area (Å²) < 4.78 is 0. The molecule has 1 aliphatic carbocycles. The smallest absolute Gasteiger partial charge is 0.258 e. The van der Waals surface area contributed by atoms with Crippen molar-refractivity contribution in [1.82, 2.24) is 19.9 Å². The third kappa shape index (κ3) is 3.87. The molecule has 0 unspecified atom stereocenters. The molecule has 1 aromatic carbocycles. The summed E-state index contributed by atoms with van der Waals surface area (Å²) >= 11 is 1.49. The van der Waals surface area contributed by atoms with Gasteiger partial charge in [0.05, 0.1) is 11.8 Å². The molecule has 3 heterocycles. The van der Waals surface area contributed by atoms with Crippen molar-refractivity contribution in [2.24, 2.45) is 0 Å². The van der Waals surface area contributed by atoms with Gasteiger partial charge in [-0.15, -0.1) is 11.3 Å². The third-order valence-corrected chi connectivity index (χ3v) is 7.15. The fraction of sp³-hybridized carbons (Fsp3) is 0.391. The molecule has 1 saturated carbocycles. The van der Waals surface area contributed by atoms with Gasteiger partial charge in [0.2, 0.25) is 5.95 Å². The number of likely N-dealkylation sites (tertiary alicyclic amines) is 1. The molecule has 1 amide bonds. The van der Waals surface area contributed by atoms with E-state index < -0.39 is 5.60 Å². The molecule has 166 valence electrons. The van der Waals surface area contributed by atoms with Crippen LogP contribution in [-0.2, 0) is 10.4 Å². The van der Waals surface area contributed by atoms with Gasteiger partial charge < -0.3 is 20.4 Å². The predicted octanol–water partition coefficient (Wildman–Crippen LogP) is 2.64. The van der Waals surface area contributed by atoms with E-state index in [0.717, 1.165) is 29.1 Å². The van der Waals surface area contributed by atoms with E-state index in [1.54, 1.807) is 24.2 Å². The van der Waals surface area contributed by atoms with E-state index in [2.05, 4.69) is 15.3 Å². The van der Waals surface area contributed by atoms with Crippen molar-refractivity contribution in [2.45, 2.75) is 43.4 Å². The SMILES string of the molecule is CN1CC[C@@](O)(c2cccc(-c3nc(-c4ccnc(N[C@H]5CC[C@H](O)C5)n4)cs3)c2)C1=O. The monoisotopic (exact) mass is 451 g/mol. The summed E-state index contributed by atoms with van der Waals surface area (Å²) in [6.07, 6.45) is 4.22. The second-order valence-electron chi connectivity index (χ2n) is 8.53. The van der Waals surface area contributed by atoms with Gasteiger partial charge in [-0.1, -0.05) is 18.2 Å². The van der Waals surface area contributed by atoms with E-state index in [1.165, 1.54) is 11.3 Å². The van der Waals surface area contributed by atoms with Crippen LogP contribution in [0.3, 0.4) is 0 Å². The number of aliphatic hydroxyl groups excluding tert-OH is 1. The Morgan fingerprint density at radius 3 is 2.84 bits per heavy atom. The standard InChI is InChI=1S/C23H25N5O3S/c1-28-10-8-23(31,21(28)30)15-4-2-3-14(11-15)20-26-19(13-32-20)18-7-9-24-22(27-18)25-16-5-6-17(29)12-16/h2-4,7,9,11,13,16-17,29,31H,5-6,8,10,12H2,1H3,(H,24,25,27)/t16-,17-,23+/m0/s1. The Hall–Kier alpha value is -2.88. The van der Waals surface area contributed by atoms with Crippen molar-refractivity contribution in [3.8, 4) is 22.0 Å². The van der Waals surface area contributed by atoms with Gasteiger partial charge in [0.15, 0.2) is 5.60 Å². The molecule has 3 aromatic rings. The minimum Gasteiger partial charge on any atom is -0.393 e. The molecule has 0 spiro atoms. The van der Waals surface area contributed by atoms with Crippen molar-refractivity contribution < 1.29 is 15.0 Å².